The zero-order valence-electron chi connectivity index (χ0n) is 12.4. The lowest BCUT2D eigenvalue weighted by Gasteiger charge is -2.34. The van der Waals surface area contributed by atoms with E-state index in [-0.39, 0.29) is 5.56 Å². The Morgan fingerprint density at radius 2 is 1.96 bits per heavy atom. The number of carboxylic acids is 1. The lowest BCUT2D eigenvalue weighted by molar-refractivity contribution is 0.0697. The van der Waals surface area contributed by atoms with Crippen molar-refractivity contribution >= 4 is 23.4 Å². The number of halogens is 2. The summed E-state index contributed by atoms with van der Waals surface area (Å²) in [5, 5.41) is 9.47. The fourth-order valence-corrected chi connectivity index (χ4v) is 3.88. The third-order valence-electron chi connectivity index (χ3n) is 3.65. The van der Waals surface area contributed by atoms with E-state index in [1.165, 1.54) is 12.1 Å². The largest absolute Gasteiger partial charge is 0.478 e. The summed E-state index contributed by atoms with van der Waals surface area (Å²) in [4.78, 5) is 14.1. The summed E-state index contributed by atoms with van der Waals surface area (Å²) in [5.74, 6) is -2.22. The standard InChI is InChI=1S/C17H15F2NO2S/c1-10-8-20(9-11-4-13(18)7-14(19)5-11)15-6-12(17(21)22)2-3-16(15)23-10/h2-7,10H,8-9H2,1H3,(H,21,22). The number of carbonyl (C=O) groups is 1. The summed E-state index contributed by atoms with van der Waals surface area (Å²) < 4.78 is 26.8. The quantitative estimate of drug-likeness (QED) is 0.914. The van der Waals surface area contributed by atoms with Crippen LogP contribution in [0.1, 0.15) is 22.8 Å². The molecule has 2 aromatic carbocycles. The van der Waals surface area contributed by atoms with Crippen molar-refractivity contribution in [1.82, 2.24) is 0 Å². The van der Waals surface area contributed by atoms with Gasteiger partial charge in [0.05, 0.1) is 11.3 Å². The number of benzene rings is 2. The lowest BCUT2D eigenvalue weighted by Crippen LogP contribution is -2.33. The fourth-order valence-electron chi connectivity index (χ4n) is 2.73. The lowest BCUT2D eigenvalue weighted by atomic mass is 10.1. The summed E-state index contributed by atoms with van der Waals surface area (Å²) in [6, 6.07) is 8.43. The molecule has 0 fully saturated rings. The van der Waals surface area contributed by atoms with Gasteiger partial charge in [-0.05, 0) is 35.9 Å². The molecule has 0 spiro atoms. The highest BCUT2D eigenvalue weighted by molar-refractivity contribution is 8.00. The molecule has 1 aliphatic heterocycles. The van der Waals surface area contributed by atoms with E-state index in [1.54, 1.807) is 30.0 Å². The van der Waals surface area contributed by atoms with Crippen molar-refractivity contribution in [3.63, 3.8) is 0 Å². The molecule has 120 valence electrons. The molecule has 0 radical (unpaired) electrons. The highest BCUT2D eigenvalue weighted by Gasteiger charge is 2.24. The van der Waals surface area contributed by atoms with Crippen LogP contribution in [0, 0.1) is 11.6 Å². The molecule has 0 bridgehead atoms. The Labute approximate surface area is 136 Å². The first kappa shape index (κ1) is 15.8. The minimum atomic E-state index is -0.992. The first-order valence-electron chi connectivity index (χ1n) is 7.16. The second-order valence-electron chi connectivity index (χ2n) is 5.57. The van der Waals surface area contributed by atoms with Crippen molar-refractivity contribution in [3.05, 3.63) is 59.2 Å². The SMILES string of the molecule is CC1CN(Cc2cc(F)cc(F)c2)c2cc(C(=O)O)ccc2S1. The van der Waals surface area contributed by atoms with Crippen LogP contribution in [-0.4, -0.2) is 22.9 Å². The van der Waals surface area contributed by atoms with Gasteiger partial charge in [-0.1, -0.05) is 6.92 Å². The molecule has 1 unspecified atom stereocenters. The zero-order valence-corrected chi connectivity index (χ0v) is 13.2. The molecule has 1 aliphatic rings. The first-order chi connectivity index (χ1) is 10.9. The smallest absolute Gasteiger partial charge is 0.335 e. The maximum absolute atomic E-state index is 13.4. The molecular formula is C17H15F2NO2S. The van der Waals surface area contributed by atoms with Crippen molar-refractivity contribution in [1.29, 1.82) is 0 Å². The highest BCUT2D eigenvalue weighted by Crippen LogP contribution is 2.39. The monoisotopic (exact) mass is 335 g/mol. The van der Waals surface area contributed by atoms with Crippen molar-refractivity contribution in [3.8, 4) is 0 Å². The minimum Gasteiger partial charge on any atom is -0.478 e. The third kappa shape index (κ3) is 3.47. The van der Waals surface area contributed by atoms with Gasteiger partial charge in [0, 0.05) is 29.3 Å². The summed E-state index contributed by atoms with van der Waals surface area (Å²) in [6.07, 6.45) is 0. The summed E-state index contributed by atoms with van der Waals surface area (Å²) >= 11 is 1.67. The molecule has 1 atom stereocenters. The van der Waals surface area contributed by atoms with Crippen molar-refractivity contribution < 1.29 is 18.7 Å². The van der Waals surface area contributed by atoms with Crippen LogP contribution in [0.15, 0.2) is 41.3 Å². The van der Waals surface area contributed by atoms with Crippen LogP contribution < -0.4 is 4.90 Å². The van der Waals surface area contributed by atoms with E-state index in [0.717, 1.165) is 16.6 Å². The van der Waals surface area contributed by atoms with E-state index < -0.39 is 17.6 Å². The van der Waals surface area contributed by atoms with E-state index in [0.29, 0.717) is 23.9 Å². The number of hydrogen-bond acceptors (Lipinski definition) is 3. The number of carboxylic acid groups (broad SMARTS) is 1. The minimum absolute atomic E-state index is 0.203. The zero-order chi connectivity index (χ0) is 16.6. The van der Waals surface area contributed by atoms with Gasteiger partial charge in [0.1, 0.15) is 11.6 Å². The Balaban J connectivity index is 1.96. The van der Waals surface area contributed by atoms with Gasteiger partial charge in [0.15, 0.2) is 0 Å². The number of aromatic carboxylic acids is 1. The molecular weight excluding hydrogens is 320 g/mol. The van der Waals surface area contributed by atoms with E-state index in [1.807, 2.05) is 4.90 Å². The van der Waals surface area contributed by atoms with Gasteiger partial charge in [-0.2, -0.15) is 0 Å². The second-order valence-corrected chi connectivity index (χ2v) is 7.05. The van der Waals surface area contributed by atoms with Gasteiger partial charge in [-0.3, -0.25) is 0 Å². The maximum atomic E-state index is 13.4. The Morgan fingerprint density at radius 1 is 1.26 bits per heavy atom. The van der Waals surface area contributed by atoms with Crippen LogP contribution in [0.25, 0.3) is 0 Å². The van der Waals surface area contributed by atoms with Crippen LogP contribution in [0.5, 0.6) is 0 Å². The molecule has 0 aromatic heterocycles. The highest BCUT2D eigenvalue weighted by atomic mass is 32.2. The number of fused-ring (bicyclic) bond motifs is 1. The van der Waals surface area contributed by atoms with Gasteiger partial charge in [-0.15, -0.1) is 11.8 Å². The van der Waals surface area contributed by atoms with E-state index >= 15 is 0 Å². The number of hydrogen-bond donors (Lipinski definition) is 1. The van der Waals surface area contributed by atoms with Gasteiger partial charge >= 0.3 is 5.97 Å². The van der Waals surface area contributed by atoms with Crippen molar-refractivity contribution in [2.24, 2.45) is 0 Å². The maximum Gasteiger partial charge on any atom is 0.335 e. The van der Waals surface area contributed by atoms with Gasteiger partial charge < -0.3 is 10.0 Å². The van der Waals surface area contributed by atoms with Crippen LogP contribution in [0.3, 0.4) is 0 Å². The van der Waals surface area contributed by atoms with Gasteiger partial charge in [-0.25, -0.2) is 13.6 Å². The number of rotatable bonds is 3. The molecule has 0 saturated heterocycles. The van der Waals surface area contributed by atoms with E-state index in [9.17, 15) is 13.6 Å². The van der Waals surface area contributed by atoms with E-state index in [2.05, 4.69) is 6.92 Å². The predicted octanol–water partition coefficient (Wildman–Crippen LogP) is 4.16. The second kappa shape index (κ2) is 6.20. The Kier molecular flexibility index (Phi) is 4.26. The molecule has 1 N–H and O–H groups in total. The Hall–Kier alpha value is -2.08. The first-order valence-corrected chi connectivity index (χ1v) is 8.04. The van der Waals surface area contributed by atoms with E-state index in [4.69, 9.17) is 5.11 Å². The van der Waals surface area contributed by atoms with Crippen LogP contribution >= 0.6 is 11.8 Å². The molecule has 1 heterocycles. The van der Waals surface area contributed by atoms with Gasteiger partial charge in [0.2, 0.25) is 0 Å². The predicted molar refractivity (Wildman–Crippen MR) is 86.1 cm³/mol. The molecule has 3 nitrogen and oxygen atoms in total. The molecule has 6 heteroatoms. The molecule has 0 amide bonds. The molecule has 0 saturated carbocycles. The fraction of sp³-hybridized carbons (Fsp3) is 0.235. The number of nitrogens with zero attached hydrogens (tertiary/aromatic N) is 1. The van der Waals surface area contributed by atoms with Crippen molar-refractivity contribution in [2.75, 3.05) is 11.4 Å². The summed E-state index contributed by atoms with van der Waals surface area (Å²) in [6.45, 7) is 3.08. The summed E-state index contributed by atoms with van der Waals surface area (Å²) in [7, 11) is 0. The average molecular weight is 335 g/mol. The van der Waals surface area contributed by atoms with Crippen LogP contribution in [0.4, 0.5) is 14.5 Å². The topological polar surface area (TPSA) is 40.5 Å². The average Bonchev–Trinajstić information content (AvgIpc) is 2.45. The third-order valence-corrected chi connectivity index (χ3v) is 4.80. The van der Waals surface area contributed by atoms with Crippen LogP contribution in [0.2, 0.25) is 0 Å². The molecule has 3 rings (SSSR count). The molecule has 2 aromatic rings. The normalized spacial score (nSPS) is 17.0. The summed E-state index contributed by atoms with van der Waals surface area (Å²) in [5.41, 5.74) is 1.51. The molecule has 0 aliphatic carbocycles. The van der Waals surface area contributed by atoms with Crippen molar-refractivity contribution in [2.45, 2.75) is 23.6 Å². The number of anilines is 1. The Morgan fingerprint density at radius 3 is 2.61 bits per heavy atom. The molecule has 23 heavy (non-hydrogen) atoms. The van der Waals surface area contributed by atoms with Crippen LogP contribution in [-0.2, 0) is 6.54 Å². The number of thioether (sulfide) groups is 1. The van der Waals surface area contributed by atoms with Gasteiger partial charge in [0.25, 0.3) is 0 Å². The Bertz CT molecular complexity index is 746.